The van der Waals surface area contributed by atoms with Crippen molar-refractivity contribution in [3.8, 4) is 0 Å². The summed E-state index contributed by atoms with van der Waals surface area (Å²) in [5.74, 6) is 1.03. The van der Waals surface area contributed by atoms with Crippen LogP contribution >= 0.6 is 12.4 Å². The van der Waals surface area contributed by atoms with E-state index in [-0.39, 0.29) is 12.4 Å². The Bertz CT molecular complexity index is 126. The van der Waals surface area contributed by atoms with Crippen LogP contribution in [0.1, 0.15) is 38.5 Å². The second-order valence-electron chi connectivity index (χ2n) is 4.05. The highest BCUT2D eigenvalue weighted by atomic mass is 35.5. The lowest BCUT2D eigenvalue weighted by atomic mass is 9.81. The van der Waals surface area contributed by atoms with Crippen LogP contribution in [-0.2, 0) is 0 Å². The minimum Gasteiger partial charge on any atom is -0.330 e. The van der Waals surface area contributed by atoms with Gasteiger partial charge in [-0.15, -0.1) is 12.4 Å². The molecule has 0 aromatic carbocycles. The lowest BCUT2D eigenvalue weighted by Crippen LogP contribution is -2.29. The van der Waals surface area contributed by atoms with Crippen molar-refractivity contribution >= 4 is 12.4 Å². The summed E-state index contributed by atoms with van der Waals surface area (Å²) in [6.07, 6.45) is 8.66. The molecule has 0 unspecified atom stereocenters. The van der Waals surface area contributed by atoms with Crippen LogP contribution in [0, 0.1) is 11.3 Å². The Labute approximate surface area is 75.1 Å². The fourth-order valence-corrected chi connectivity index (χ4v) is 2.55. The Morgan fingerprint density at radius 3 is 2.09 bits per heavy atom. The number of rotatable bonds is 2. The molecule has 0 saturated heterocycles. The van der Waals surface area contributed by atoms with Crippen molar-refractivity contribution in [2.75, 3.05) is 6.54 Å². The van der Waals surface area contributed by atoms with Crippen molar-refractivity contribution < 1.29 is 0 Å². The molecule has 0 amide bonds. The number of halogens is 1. The lowest BCUT2D eigenvalue weighted by molar-refractivity contribution is 0.259. The topological polar surface area (TPSA) is 26.0 Å². The van der Waals surface area contributed by atoms with E-state index in [9.17, 15) is 0 Å². The Kier molecular flexibility index (Phi) is 2.82. The van der Waals surface area contributed by atoms with E-state index in [0.29, 0.717) is 5.41 Å². The van der Waals surface area contributed by atoms with E-state index in [0.717, 1.165) is 12.5 Å². The molecule has 0 heterocycles. The highest BCUT2D eigenvalue weighted by Gasteiger charge is 2.45. The summed E-state index contributed by atoms with van der Waals surface area (Å²) in [5.41, 5.74) is 6.43. The van der Waals surface area contributed by atoms with Crippen LogP contribution < -0.4 is 5.73 Å². The molecule has 2 N–H and O–H groups in total. The summed E-state index contributed by atoms with van der Waals surface area (Å²) < 4.78 is 0. The first-order chi connectivity index (χ1) is 4.87. The van der Waals surface area contributed by atoms with E-state index in [1.807, 2.05) is 0 Å². The van der Waals surface area contributed by atoms with Crippen LogP contribution in [-0.4, -0.2) is 6.54 Å². The summed E-state index contributed by atoms with van der Waals surface area (Å²) in [7, 11) is 0. The minimum atomic E-state index is 0. The predicted molar refractivity (Wildman–Crippen MR) is 49.9 cm³/mol. The van der Waals surface area contributed by atoms with Gasteiger partial charge in [-0.2, -0.15) is 0 Å². The summed E-state index contributed by atoms with van der Waals surface area (Å²) in [6.45, 7) is 0.956. The third kappa shape index (κ3) is 1.54. The maximum atomic E-state index is 5.81. The molecule has 11 heavy (non-hydrogen) atoms. The zero-order valence-corrected chi connectivity index (χ0v) is 7.83. The Balaban J connectivity index is 0.000000605. The van der Waals surface area contributed by atoms with Gasteiger partial charge in [0.05, 0.1) is 0 Å². The minimum absolute atomic E-state index is 0. The molecule has 0 aromatic rings. The number of hydrogen-bond acceptors (Lipinski definition) is 1. The fourth-order valence-electron chi connectivity index (χ4n) is 2.55. The lowest BCUT2D eigenvalue weighted by Gasteiger charge is -2.26. The van der Waals surface area contributed by atoms with Crippen LogP contribution in [0.2, 0.25) is 0 Å². The van der Waals surface area contributed by atoms with Gasteiger partial charge in [-0.05, 0) is 43.6 Å². The maximum Gasteiger partial charge on any atom is -0.00179 e. The molecular weight excluding hydrogens is 158 g/mol. The van der Waals surface area contributed by atoms with Crippen LogP contribution in [0.5, 0.6) is 0 Å². The molecule has 1 nitrogen and oxygen atoms in total. The van der Waals surface area contributed by atoms with E-state index < -0.39 is 0 Å². The molecular formula is C9H18ClN. The van der Waals surface area contributed by atoms with E-state index in [1.165, 1.54) is 38.5 Å². The molecule has 2 heteroatoms. The second-order valence-corrected chi connectivity index (χ2v) is 4.05. The van der Waals surface area contributed by atoms with Crippen molar-refractivity contribution in [3.05, 3.63) is 0 Å². The zero-order chi connectivity index (χ0) is 7.03. The molecule has 0 aromatic heterocycles. The van der Waals surface area contributed by atoms with Gasteiger partial charge in [-0.3, -0.25) is 0 Å². The smallest absolute Gasteiger partial charge is 0.00179 e. The SMILES string of the molecule is Cl.NCC1(C2CC2)CCCC1. The predicted octanol–water partition coefficient (Wildman–Crippen LogP) is 2.34. The molecule has 0 bridgehead atoms. The summed E-state index contributed by atoms with van der Waals surface area (Å²) in [5, 5.41) is 0. The van der Waals surface area contributed by atoms with Gasteiger partial charge in [0.1, 0.15) is 0 Å². The average Bonchev–Trinajstić information content (AvgIpc) is 2.71. The third-order valence-electron chi connectivity index (χ3n) is 3.45. The van der Waals surface area contributed by atoms with Gasteiger partial charge in [-0.25, -0.2) is 0 Å². The first-order valence-corrected chi connectivity index (χ1v) is 4.57. The van der Waals surface area contributed by atoms with Gasteiger partial charge in [0.15, 0.2) is 0 Å². The largest absolute Gasteiger partial charge is 0.330 e. The van der Waals surface area contributed by atoms with Crippen molar-refractivity contribution in [3.63, 3.8) is 0 Å². The van der Waals surface area contributed by atoms with Gasteiger partial charge in [-0.1, -0.05) is 12.8 Å². The van der Waals surface area contributed by atoms with Crippen molar-refractivity contribution in [1.29, 1.82) is 0 Å². The van der Waals surface area contributed by atoms with E-state index in [4.69, 9.17) is 5.73 Å². The first-order valence-electron chi connectivity index (χ1n) is 4.57. The molecule has 2 rings (SSSR count). The molecule has 2 saturated carbocycles. The van der Waals surface area contributed by atoms with Gasteiger partial charge in [0.2, 0.25) is 0 Å². The number of nitrogens with two attached hydrogens (primary N) is 1. The fraction of sp³-hybridized carbons (Fsp3) is 1.00. The van der Waals surface area contributed by atoms with Gasteiger partial charge in [0, 0.05) is 0 Å². The van der Waals surface area contributed by atoms with Crippen LogP contribution in [0.3, 0.4) is 0 Å². The molecule has 2 aliphatic rings. The van der Waals surface area contributed by atoms with E-state index >= 15 is 0 Å². The summed E-state index contributed by atoms with van der Waals surface area (Å²) in [4.78, 5) is 0. The molecule has 0 spiro atoms. The normalized spacial score (nSPS) is 28.1. The Morgan fingerprint density at radius 2 is 1.73 bits per heavy atom. The maximum absolute atomic E-state index is 5.81. The zero-order valence-electron chi connectivity index (χ0n) is 7.01. The van der Waals surface area contributed by atoms with Crippen molar-refractivity contribution in [2.45, 2.75) is 38.5 Å². The van der Waals surface area contributed by atoms with Gasteiger partial charge < -0.3 is 5.73 Å². The quantitative estimate of drug-likeness (QED) is 0.685. The highest BCUT2D eigenvalue weighted by Crippen LogP contribution is 2.53. The summed E-state index contributed by atoms with van der Waals surface area (Å²) in [6, 6.07) is 0. The highest BCUT2D eigenvalue weighted by molar-refractivity contribution is 5.85. The third-order valence-corrected chi connectivity index (χ3v) is 3.45. The second kappa shape index (κ2) is 3.32. The van der Waals surface area contributed by atoms with Crippen LogP contribution in [0.4, 0.5) is 0 Å². The van der Waals surface area contributed by atoms with Gasteiger partial charge >= 0.3 is 0 Å². The molecule has 66 valence electrons. The van der Waals surface area contributed by atoms with Gasteiger partial charge in [0.25, 0.3) is 0 Å². The van der Waals surface area contributed by atoms with E-state index in [2.05, 4.69) is 0 Å². The first kappa shape index (κ1) is 9.34. The summed E-state index contributed by atoms with van der Waals surface area (Å²) >= 11 is 0. The Hall–Kier alpha value is 0.250. The molecule has 2 aliphatic carbocycles. The Morgan fingerprint density at radius 1 is 1.18 bits per heavy atom. The standard InChI is InChI=1S/C9H17N.ClH/c10-7-9(8-3-4-8)5-1-2-6-9;/h8H,1-7,10H2;1H. The monoisotopic (exact) mass is 175 g/mol. The number of hydrogen-bond donors (Lipinski definition) is 1. The molecule has 0 aliphatic heterocycles. The molecule has 2 fully saturated rings. The van der Waals surface area contributed by atoms with Crippen molar-refractivity contribution in [1.82, 2.24) is 0 Å². The average molecular weight is 176 g/mol. The molecule has 0 radical (unpaired) electrons. The van der Waals surface area contributed by atoms with Crippen LogP contribution in [0.25, 0.3) is 0 Å². The molecule has 0 atom stereocenters. The van der Waals surface area contributed by atoms with Crippen molar-refractivity contribution in [2.24, 2.45) is 17.1 Å². The van der Waals surface area contributed by atoms with E-state index in [1.54, 1.807) is 0 Å². The van der Waals surface area contributed by atoms with Crippen LogP contribution in [0.15, 0.2) is 0 Å².